The van der Waals surface area contributed by atoms with Crippen molar-refractivity contribution in [2.24, 2.45) is 0 Å². The molecule has 0 atom stereocenters. The molecule has 0 saturated heterocycles. The maximum atomic E-state index is 6.99. The maximum absolute atomic E-state index is 6.99. The van der Waals surface area contributed by atoms with Gasteiger partial charge in [-0.15, -0.1) is 89.0 Å². The van der Waals surface area contributed by atoms with Crippen molar-refractivity contribution in [1.29, 1.82) is 0 Å². The Morgan fingerprint density at radius 2 is 0.958 bits per heavy atom. The van der Waals surface area contributed by atoms with Crippen molar-refractivity contribution in [3.05, 3.63) is 236 Å². The molecule has 0 saturated carbocycles. The van der Waals surface area contributed by atoms with E-state index < -0.39 is 11.2 Å². The number of hydrogen-bond acceptors (Lipinski definition) is 8. The quantitative estimate of drug-likeness (QED) is 0.0995. The van der Waals surface area contributed by atoms with Crippen LogP contribution in [0.5, 0.6) is 23.0 Å². The van der Waals surface area contributed by atoms with Crippen LogP contribution in [0.3, 0.4) is 0 Å². The zero-order chi connectivity index (χ0) is 47.2. The first-order chi connectivity index (χ1) is 33.6. The Balaban J connectivity index is 0.00000338. The maximum Gasteiger partial charge on any atom is 3.00 e. The van der Waals surface area contributed by atoms with Crippen LogP contribution in [0.15, 0.2) is 195 Å². The Hall–Kier alpha value is -7.41. The third-order valence-corrected chi connectivity index (χ3v) is 11.6. The minimum atomic E-state index is -0.777. The fourth-order valence-electron chi connectivity index (χ4n) is 8.03. The summed E-state index contributed by atoms with van der Waals surface area (Å²) >= 11 is 0. The molecule has 0 spiro atoms. The first kappa shape index (κ1) is 50.0. The van der Waals surface area contributed by atoms with Crippen LogP contribution < -0.4 is 14.2 Å². The smallest absolute Gasteiger partial charge is 0.515 e. The largest absolute Gasteiger partial charge is 3.00 e. The second-order valence-electron chi connectivity index (χ2n) is 17.2. The summed E-state index contributed by atoms with van der Waals surface area (Å²) in [5, 5.41) is 0. The molecule has 0 fully saturated rings. The zero-order valence-corrected chi connectivity index (χ0v) is 43.8. The molecule has 0 N–H and O–H groups in total. The molecule has 10 aromatic rings. The molecule has 0 aliphatic carbocycles. The van der Waals surface area contributed by atoms with Crippen molar-refractivity contribution in [1.82, 2.24) is 24.9 Å². The number of rotatable bonds is 14. The molecule has 0 unspecified atom stereocenters. The first-order valence-corrected chi connectivity index (χ1v) is 22.5. The van der Waals surface area contributed by atoms with E-state index in [4.69, 9.17) is 14.2 Å². The van der Waals surface area contributed by atoms with E-state index in [0.29, 0.717) is 34.4 Å². The van der Waals surface area contributed by atoms with Crippen molar-refractivity contribution >= 4 is 0 Å². The van der Waals surface area contributed by atoms with Gasteiger partial charge >= 0.3 is 41.2 Å². The molecule has 0 amide bonds. The fourth-order valence-corrected chi connectivity index (χ4v) is 8.03. The summed E-state index contributed by atoms with van der Waals surface area (Å²) in [4.78, 5) is 22.5. The Morgan fingerprint density at radius 3 is 1.48 bits per heavy atom. The number of aromatic nitrogens is 5. The molecule has 0 radical (unpaired) electrons. The van der Waals surface area contributed by atoms with Crippen LogP contribution in [-0.4, -0.2) is 24.9 Å². The van der Waals surface area contributed by atoms with Crippen molar-refractivity contribution < 1.29 is 55.4 Å². The summed E-state index contributed by atoms with van der Waals surface area (Å²) in [6.45, 7) is 8.20. The average Bonchev–Trinajstić information content (AvgIpc) is 3.39. The summed E-state index contributed by atoms with van der Waals surface area (Å²) in [6.07, 6.45) is 8.72. The van der Waals surface area contributed by atoms with E-state index in [0.717, 1.165) is 67.2 Å². The van der Waals surface area contributed by atoms with Crippen LogP contribution in [0.4, 0.5) is 0 Å². The van der Waals surface area contributed by atoms with Gasteiger partial charge in [0.15, 0.2) is 0 Å². The average molecular weight is 1280 g/mol. The molecule has 0 bridgehead atoms. The SMILES string of the molecule is CC(C)(Oc1cc(OC(C)(C)c2c[c-]c(-c3ccccn3)cc2)cc(-c2ccccc2-c2c[c-]c(-c3ncccn3)[c-]c2Oc2[c-]c(-c3ccccn3)ccc2)c1)c1c[c-]c(-c2ccccn2)cc1.[Ir+3].[Pt+2]. The van der Waals surface area contributed by atoms with E-state index in [1.807, 2.05) is 161 Å². The van der Waals surface area contributed by atoms with Crippen molar-refractivity contribution in [2.75, 3.05) is 0 Å². The third-order valence-electron chi connectivity index (χ3n) is 11.6. The predicted molar refractivity (Wildman–Crippen MR) is 269 cm³/mol. The van der Waals surface area contributed by atoms with E-state index in [-0.39, 0.29) is 41.2 Å². The molecule has 350 valence electrons. The fraction of sp³-hybridized carbons (Fsp3) is 0.0984. The van der Waals surface area contributed by atoms with Crippen LogP contribution in [0.1, 0.15) is 38.8 Å². The number of ether oxygens (including phenoxy) is 3. The zero-order valence-electron chi connectivity index (χ0n) is 39.1. The van der Waals surface area contributed by atoms with Crippen molar-refractivity contribution in [2.45, 2.75) is 38.9 Å². The summed E-state index contributed by atoms with van der Waals surface area (Å²) in [6, 6.07) is 70.4. The second kappa shape index (κ2) is 22.1. The minimum Gasteiger partial charge on any atom is -0.515 e. The van der Waals surface area contributed by atoms with E-state index in [1.165, 1.54) is 0 Å². The van der Waals surface area contributed by atoms with E-state index in [1.54, 1.807) is 37.1 Å². The van der Waals surface area contributed by atoms with Crippen LogP contribution in [0, 0.1) is 30.3 Å². The Kier molecular flexibility index (Phi) is 15.6. The van der Waals surface area contributed by atoms with Gasteiger partial charge in [-0.3, -0.25) is 6.07 Å². The number of pyridine rings is 3. The molecule has 8 nitrogen and oxygen atoms in total. The van der Waals surface area contributed by atoms with Gasteiger partial charge in [-0.2, -0.15) is 0 Å². The van der Waals surface area contributed by atoms with Gasteiger partial charge in [0.2, 0.25) is 0 Å². The van der Waals surface area contributed by atoms with Gasteiger partial charge in [0.25, 0.3) is 0 Å². The van der Waals surface area contributed by atoms with Crippen LogP contribution >= 0.6 is 0 Å². The summed E-state index contributed by atoms with van der Waals surface area (Å²) in [7, 11) is 0. The molecule has 0 aliphatic rings. The summed E-state index contributed by atoms with van der Waals surface area (Å²) < 4.78 is 20.7. The Morgan fingerprint density at radius 1 is 0.437 bits per heavy atom. The molecule has 10 heteroatoms. The van der Waals surface area contributed by atoms with Gasteiger partial charge < -0.3 is 39.1 Å². The van der Waals surface area contributed by atoms with Crippen molar-refractivity contribution in [3.8, 4) is 90.4 Å². The standard InChI is InChI=1S/C61H44N5O3.Ir.Pt/c1-60(2,47-27-22-42(23-28-47)55-19-7-10-32-62-55)68-50-38-46(39-51(41-50)69-61(3,4)48-29-24-43(25-30-48)56-20-8-11-33-63-56)52-17-5-6-18-53(52)54-31-26-45(59-65-35-14-36-66-59)40-58(54)67-49-16-13-15-44(37-49)57-21-9-12-34-64-57;;/h5-22,24,27-36,38-39,41H,1-4H3;;/q-5;+3;+2. The molecule has 4 heterocycles. The Bertz CT molecular complexity index is 3230. The predicted octanol–water partition coefficient (Wildman–Crippen LogP) is 14.1. The van der Waals surface area contributed by atoms with Gasteiger partial charge in [-0.1, -0.05) is 83.4 Å². The van der Waals surface area contributed by atoms with Gasteiger partial charge in [0.05, 0.1) is 11.2 Å². The summed E-state index contributed by atoms with van der Waals surface area (Å²) in [5.74, 6) is 2.62. The van der Waals surface area contributed by atoms with Crippen LogP contribution in [0.2, 0.25) is 0 Å². The first-order valence-electron chi connectivity index (χ1n) is 22.5. The van der Waals surface area contributed by atoms with E-state index in [9.17, 15) is 0 Å². The van der Waals surface area contributed by atoms with E-state index >= 15 is 0 Å². The van der Waals surface area contributed by atoms with Crippen LogP contribution in [-0.2, 0) is 52.4 Å². The van der Waals surface area contributed by atoms with Crippen molar-refractivity contribution in [3.63, 3.8) is 0 Å². The normalized spacial score (nSPS) is 11.2. The number of nitrogens with zero attached hydrogens (tertiary/aromatic N) is 5. The number of benzene rings is 6. The van der Waals surface area contributed by atoms with E-state index in [2.05, 4.69) is 79.5 Å². The molecular weight excluding hydrogens is 1240 g/mol. The molecule has 6 aromatic carbocycles. The third kappa shape index (κ3) is 11.6. The molecule has 4 aromatic heterocycles. The molecular formula is C61H44IrN5O3Pt. The molecule has 10 rings (SSSR count). The monoisotopic (exact) mass is 1280 g/mol. The minimum absolute atomic E-state index is 0. The van der Waals surface area contributed by atoms with Gasteiger partial charge in [-0.25, -0.2) is 17.7 Å². The second-order valence-corrected chi connectivity index (χ2v) is 17.2. The summed E-state index contributed by atoms with van der Waals surface area (Å²) in [5.41, 5.74) is 9.32. The van der Waals surface area contributed by atoms with Gasteiger partial charge in [-0.05, 0) is 104 Å². The molecule has 0 aliphatic heterocycles. The Labute approximate surface area is 442 Å². The molecule has 71 heavy (non-hydrogen) atoms. The number of hydrogen-bond donors (Lipinski definition) is 0. The van der Waals surface area contributed by atoms with Gasteiger partial charge in [0, 0.05) is 42.8 Å². The van der Waals surface area contributed by atoms with Crippen LogP contribution in [0.25, 0.3) is 67.4 Å². The topological polar surface area (TPSA) is 92.1 Å². The van der Waals surface area contributed by atoms with Gasteiger partial charge in [0.1, 0.15) is 11.5 Å².